The zero-order valence-corrected chi connectivity index (χ0v) is 10.3. The van der Waals surface area contributed by atoms with E-state index in [9.17, 15) is 0 Å². The van der Waals surface area contributed by atoms with Gasteiger partial charge in [-0.3, -0.25) is 0 Å². The Labute approximate surface area is 88.5 Å². The molecule has 0 aliphatic rings. The maximum Gasteiger partial charge on any atom is 0.0414 e. The molecule has 0 amide bonds. The second-order valence-electron chi connectivity index (χ2n) is 3.77. The Kier molecular flexibility index (Phi) is 2.81. The molecule has 0 saturated heterocycles. The van der Waals surface area contributed by atoms with Crippen LogP contribution in [0.25, 0.3) is 0 Å². The number of alkyl halides is 1. The third kappa shape index (κ3) is 2.22. The summed E-state index contributed by atoms with van der Waals surface area (Å²) in [5.74, 6) is 0. The highest BCUT2D eigenvalue weighted by molar-refractivity contribution is 14.1. The molecule has 12 heavy (non-hydrogen) atoms. The van der Waals surface area contributed by atoms with E-state index in [0.29, 0.717) is 0 Å². The first-order valence-corrected chi connectivity index (χ1v) is 5.26. The molecular weight excluding hydrogens is 259 g/mol. The van der Waals surface area contributed by atoms with Crippen molar-refractivity contribution in [3.8, 4) is 0 Å². The maximum absolute atomic E-state index is 2.47. The first-order chi connectivity index (χ1) is 5.41. The predicted octanol–water partition coefficient (Wildman–Crippen LogP) is 3.97. The fourth-order valence-electron chi connectivity index (χ4n) is 1.11. The highest BCUT2D eigenvalue weighted by atomic mass is 127. The van der Waals surface area contributed by atoms with E-state index in [2.05, 4.69) is 68.5 Å². The molecule has 66 valence electrons. The smallest absolute Gasteiger partial charge is 0.0414 e. The lowest BCUT2D eigenvalue weighted by molar-refractivity contribution is 0.824. The lowest BCUT2D eigenvalue weighted by Crippen LogP contribution is -2.06. The van der Waals surface area contributed by atoms with Gasteiger partial charge in [0.2, 0.25) is 0 Å². The van der Waals surface area contributed by atoms with E-state index in [0.717, 1.165) is 0 Å². The summed E-state index contributed by atoms with van der Waals surface area (Å²) in [5.41, 5.74) is 4.17. The van der Waals surface area contributed by atoms with Gasteiger partial charge < -0.3 is 0 Å². The van der Waals surface area contributed by atoms with Crippen LogP contribution in [0.4, 0.5) is 0 Å². The predicted molar refractivity (Wildman–Crippen MR) is 63.0 cm³/mol. The Bertz CT molecular complexity index is 282. The minimum atomic E-state index is 0.246. The molecule has 0 heterocycles. The summed E-state index contributed by atoms with van der Waals surface area (Å²) in [7, 11) is 0. The lowest BCUT2D eigenvalue weighted by atomic mass is 9.99. The maximum atomic E-state index is 2.47. The van der Waals surface area contributed by atoms with Crippen LogP contribution in [-0.4, -0.2) is 0 Å². The van der Waals surface area contributed by atoms with Crippen molar-refractivity contribution in [3.63, 3.8) is 0 Å². The van der Waals surface area contributed by atoms with Crippen molar-refractivity contribution in [2.24, 2.45) is 0 Å². The molecule has 1 rings (SSSR count). The molecule has 0 aliphatic carbocycles. The molecule has 0 spiro atoms. The van der Waals surface area contributed by atoms with Crippen LogP contribution in [0.15, 0.2) is 18.2 Å². The highest BCUT2D eigenvalue weighted by Gasteiger charge is 2.15. The molecule has 0 nitrogen and oxygen atoms in total. The van der Waals surface area contributed by atoms with Crippen LogP contribution in [0.1, 0.15) is 30.5 Å². The Morgan fingerprint density at radius 3 is 2.08 bits per heavy atom. The largest absolute Gasteiger partial charge is 0.0743 e. The normalized spacial score (nSPS) is 11.8. The number of rotatable bonds is 1. The average Bonchev–Trinajstić information content (AvgIpc) is 1.92. The van der Waals surface area contributed by atoms with Crippen molar-refractivity contribution in [2.75, 3.05) is 0 Å². The van der Waals surface area contributed by atoms with Crippen LogP contribution in [-0.2, 0) is 3.42 Å². The SMILES string of the molecule is Cc1ccc(C(C)(C)I)cc1C. The van der Waals surface area contributed by atoms with Gasteiger partial charge in [0.05, 0.1) is 0 Å². The first kappa shape index (κ1) is 10.0. The van der Waals surface area contributed by atoms with Crippen molar-refractivity contribution in [2.45, 2.75) is 31.1 Å². The third-order valence-electron chi connectivity index (χ3n) is 2.19. The summed E-state index contributed by atoms with van der Waals surface area (Å²) in [5, 5.41) is 0. The monoisotopic (exact) mass is 274 g/mol. The van der Waals surface area contributed by atoms with E-state index in [1.165, 1.54) is 16.7 Å². The van der Waals surface area contributed by atoms with Gasteiger partial charge in [-0.15, -0.1) is 0 Å². The molecule has 0 radical (unpaired) electrons. The van der Waals surface area contributed by atoms with E-state index < -0.39 is 0 Å². The molecule has 0 unspecified atom stereocenters. The molecule has 0 fully saturated rings. The fourth-order valence-corrected chi connectivity index (χ4v) is 1.45. The van der Waals surface area contributed by atoms with Crippen molar-refractivity contribution >= 4 is 22.6 Å². The third-order valence-corrected chi connectivity index (χ3v) is 2.82. The van der Waals surface area contributed by atoms with Crippen LogP contribution in [0.3, 0.4) is 0 Å². The van der Waals surface area contributed by atoms with E-state index in [4.69, 9.17) is 0 Å². The van der Waals surface area contributed by atoms with Gasteiger partial charge >= 0.3 is 0 Å². The minimum Gasteiger partial charge on any atom is -0.0743 e. The zero-order chi connectivity index (χ0) is 9.35. The Morgan fingerprint density at radius 2 is 1.67 bits per heavy atom. The van der Waals surface area contributed by atoms with Gasteiger partial charge in [-0.2, -0.15) is 0 Å². The molecule has 0 bridgehead atoms. The number of benzene rings is 1. The second kappa shape index (κ2) is 3.36. The van der Waals surface area contributed by atoms with Gasteiger partial charge in [-0.05, 0) is 44.4 Å². The average molecular weight is 274 g/mol. The summed E-state index contributed by atoms with van der Waals surface area (Å²) in [6, 6.07) is 6.70. The first-order valence-electron chi connectivity index (χ1n) is 4.18. The highest BCUT2D eigenvalue weighted by Crippen LogP contribution is 2.31. The molecule has 0 saturated carbocycles. The van der Waals surface area contributed by atoms with Crippen LogP contribution >= 0.6 is 22.6 Å². The summed E-state index contributed by atoms with van der Waals surface area (Å²) in [6.07, 6.45) is 0. The molecular formula is C11H15I. The fraction of sp³-hybridized carbons (Fsp3) is 0.455. The van der Waals surface area contributed by atoms with Gasteiger partial charge in [0.1, 0.15) is 0 Å². The van der Waals surface area contributed by atoms with E-state index >= 15 is 0 Å². The van der Waals surface area contributed by atoms with Gasteiger partial charge in [-0.25, -0.2) is 0 Å². The Morgan fingerprint density at radius 1 is 1.08 bits per heavy atom. The van der Waals surface area contributed by atoms with Crippen LogP contribution in [0.5, 0.6) is 0 Å². The van der Waals surface area contributed by atoms with Crippen molar-refractivity contribution < 1.29 is 0 Å². The summed E-state index contributed by atoms with van der Waals surface area (Å²) in [6.45, 7) is 8.79. The van der Waals surface area contributed by atoms with E-state index in [1.807, 2.05) is 0 Å². The van der Waals surface area contributed by atoms with E-state index in [-0.39, 0.29) is 3.42 Å². The van der Waals surface area contributed by atoms with Crippen molar-refractivity contribution in [1.82, 2.24) is 0 Å². The van der Waals surface area contributed by atoms with Gasteiger partial charge in [0.25, 0.3) is 0 Å². The molecule has 0 aliphatic heterocycles. The molecule has 1 heteroatoms. The van der Waals surface area contributed by atoms with Crippen molar-refractivity contribution in [1.29, 1.82) is 0 Å². The summed E-state index contributed by atoms with van der Waals surface area (Å²) >= 11 is 2.47. The van der Waals surface area contributed by atoms with Crippen molar-refractivity contribution in [3.05, 3.63) is 34.9 Å². The van der Waals surface area contributed by atoms with Crippen LogP contribution in [0.2, 0.25) is 0 Å². The number of halogens is 1. The number of hydrogen-bond acceptors (Lipinski definition) is 0. The molecule has 1 aromatic rings. The minimum absolute atomic E-state index is 0.246. The topological polar surface area (TPSA) is 0 Å². The van der Waals surface area contributed by atoms with Gasteiger partial charge in [-0.1, -0.05) is 40.8 Å². The summed E-state index contributed by atoms with van der Waals surface area (Å²) in [4.78, 5) is 0. The Hall–Kier alpha value is -0.0500. The number of hydrogen-bond donors (Lipinski definition) is 0. The number of aryl methyl sites for hydroxylation is 2. The molecule has 0 aromatic heterocycles. The van der Waals surface area contributed by atoms with Crippen LogP contribution in [0, 0.1) is 13.8 Å². The Balaban J connectivity index is 3.14. The molecule has 0 N–H and O–H groups in total. The quantitative estimate of drug-likeness (QED) is 0.537. The molecule has 0 atom stereocenters. The van der Waals surface area contributed by atoms with E-state index in [1.54, 1.807) is 0 Å². The summed E-state index contributed by atoms with van der Waals surface area (Å²) < 4.78 is 0.246. The lowest BCUT2D eigenvalue weighted by Gasteiger charge is -2.17. The standard InChI is InChI=1S/C11H15I/c1-8-5-6-10(7-9(8)2)11(3,4)12/h5-7H,1-4H3. The zero-order valence-electron chi connectivity index (χ0n) is 8.11. The van der Waals surface area contributed by atoms with Gasteiger partial charge in [0, 0.05) is 3.42 Å². The van der Waals surface area contributed by atoms with Gasteiger partial charge in [0.15, 0.2) is 0 Å². The van der Waals surface area contributed by atoms with Crippen LogP contribution < -0.4 is 0 Å². The second-order valence-corrected chi connectivity index (χ2v) is 6.47. The molecule has 1 aromatic carbocycles.